The van der Waals surface area contributed by atoms with Gasteiger partial charge >= 0.3 is 0 Å². The van der Waals surface area contributed by atoms with Crippen molar-refractivity contribution < 1.29 is 14.0 Å². The first-order valence-corrected chi connectivity index (χ1v) is 8.98. The van der Waals surface area contributed by atoms with Gasteiger partial charge in [-0.2, -0.15) is 0 Å². The zero-order valence-corrected chi connectivity index (χ0v) is 15.2. The number of benzene rings is 2. The van der Waals surface area contributed by atoms with Gasteiger partial charge in [0.2, 0.25) is 0 Å². The van der Waals surface area contributed by atoms with Crippen LogP contribution in [0.15, 0.2) is 66.9 Å². The molecule has 0 saturated carbocycles. The maximum Gasteiger partial charge on any atom is 0.277 e. The highest BCUT2D eigenvalue weighted by atomic mass is 19.1. The number of amides is 2. The van der Waals surface area contributed by atoms with Crippen LogP contribution in [-0.4, -0.2) is 22.8 Å². The van der Waals surface area contributed by atoms with Crippen LogP contribution in [0.1, 0.15) is 33.3 Å². The summed E-state index contributed by atoms with van der Waals surface area (Å²) in [6.45, 7) is 1.98. The molecule has 4 rings (SSSR count). The van der Waals surface area contributed by atoms with E-state index in [1.54, 1.807) is 17.0 Å². The average Bonchev–Trinajstić information content (AvgIpc) is 3.05. The van der Waals surface area contributed by atoms with Crippen LogP contribution in [0.25, 0.3) is 0 Å². The molecule has 0 aliphatic carbocycles. The summed E-state index contributed by atoms with van der Waals surface area (Å²) in [4.78, 5) is 31.4. The molecule has 2 heterocycles. The van der Waals surface area contributed by atoms with Crippen LogP contribution in [0.5, 0.6) is 0 Å². The van der Waals surface area contributed by atoms with E-state index < -0.39 is 11.7 Å². The minimum absolute atomic E-state index is 0.00240. The van der Waals surface area contributed by atoms with Crippen LogP contribution in [0.3, 0.4) is 0 Å². The third-order valence-corrected chi connectivity index (χ3v) is 4.79. The van der Waals surface area contributed by atoms with Crippen LogP contribution in [0.2, 0.25) is 0 Å². The van der Waals surface area contributed by atoms with Crippen molar-refractivity contribution in [2.45, 2.75) is 19.4 Å². The van der Waals surface area contributed by atoms with Gasteiger partial charge in [0.05, 0.1) is 5.69 Å². The van der Waals surface area contributed by atoms with Gasteiger partial charge in [0.25, 0.3) is 11.8 Å². The quantitative estimate of drug-likeness (QED) is 0.751. The molecule has 28 heavy (non-hydrogen) atoms. The summed E-state index contributed by atoms with van der Waals surface area (Å²) in [7, 11) is 0. The van der Waals surface area contributed by atoms with E-state index in [1.807, 2.05) is 31.2 Å². The van der Waals surface area contributed by atoms with E-state index in [0.717, 1.165) is 17.7 Å². The molecule has 0 bridgehead atoms. The SMILES string of the molecule is CC1Cc2ccccc2N1C(=O)c1cc(C(=O)Nc2ccccc2F)ccn1. The summed E-state index contributed by atoms with van der Waals surface area (Å²) < 4.78 is 13.8. The third-order valence-electron chi connectivity index (χ3n) is 4.79. The van der Waals surface area contributed by atoms with Gasteiger partial charge in [0, 0.05) is 23.5 Å². The van der Waals surface area contributed by atoms with Gasteiger partial charge in [0.15, 0.2) is 0 Å². The highest BCUT2D eigenvalue weighted by Crippen LogP contribution is 2.32. The number of rotatable bonds is 3. The summed E-state index contributed by atoms with van der Waals surface area (Å²) in [6, 6.07) is 16.6. The Hall–Kier alpha value is -3.54. The lowest BCUT2D eigenvalue weighted by Crippen LogP contribution is -2.36. The fourth-order valence-corrected chi connectivity index (χ4v) is 3.44. The van der Waals surface area contributed by atoms with Crippen molar-refractivity contribution in [3.63, 3.8) is 0 Å². The van der Waals surface area contributed by atoms with Crippen molar-refractivity contribution in [1.29, 1.82) is 0 Å². The number of hydrogen-bond acceptors (Lipinski definition) is 3. The van der Waals surface area contributed by atoms with Crippen molar-refractivity contribution in [2.24, 2.45) is 0 Å². The molecular formula is C22H18FN3O2. The normalized spacial score (nSPS) is 15.2. The monoisotopic (exact) mass is 375 g/mol. The Kier molecular flexibility index (Phi) is 4.61. The van der Waals surface area contributed by atoms with Gasteiger partial charge in [-0.05, 0) is 49.2 Å². The number of para-hydroxylation sites is 2. The molecule has 1 unspecified atom stereocenters. The standard InChI is InChI=1S/C22H18FN3O2/c1-14-12-15-6-2-5-9-20(15)26(14)22(28)19-13-16(10-11-24-19)21(27)25-18-8-4-3-7-17(18)23/h2-11,13-14H,12H2,1H3,(H,25,27). The number of carbonyl (C=O) groups excluding carboxylic acids is 2. The van der Waals surface area contributed by atoms with Gasteiger partial charge in [-0.25, -0.2) is 4.39 Å². The van der Waals surface area contributed by atoms with Crippen molar-refractivity contribution in [2.75, 3.05) is 10.2 Å². The maximum absolute atomic E-state index is 13.8. The molecule has 2 amide bonds. The van der Waals surface area contributed by atoms with Crippen molar-refractivity contribution >= 4 is 23.2 Å². The molecule has 5 nitrogen and oxygen atoms in total. The summed E-state index contributed by atoms with van der Waals surface area (Å²) in [5.41, 5.74) is 2.46. The van der Waals surface area contributed by atoms with Crippen LogP contribution in [-0.2, 0) is 6.42 Å². The molecule has 2 aromatic carbocycles. The van der Waals surface area contributed by atoms with E-state index in [-0.39, 0.29) is 28.9 Å². The summed E-state index contributed by atoms with van der Waals surface area (Å²) in [5.74, 6) is -1.29. The Balaban J connectivity index is 1.60. The summed E-state index contributed by atoms with van der Waals surface area (Å²) in [6.07, 6.45) is 2.19. The van der Waals surface area contributed by atoms with Gasteiger partial charge in [-0.1, -0.05) is 30.3 Å². The summed E-state index contributed by atoms with van der Waals surface area (Å²) in [5, 5.41) is 2.52. The lowest BCUT2D eigenvalue weighted by molar-refractivity contribution is 0.0976. The minimum Gasteiger partial charge on any atom is -0.319 e. The van der Waals surface area contributed by atoms with Crippen LogP contribution in [0.4, 0.5) is 15.8 Å². The Morgan fingerprint density at radius 3 is 2.68 bits per heavy atom. The zero-order chi connectivity index (χ0) is 19.7. The minimum atomic E-state index is -0.524. The maximum atomic E-state index is 13.8. The van der Waals surface area contributed by atoms with E-state index >= 15 is 0 Å². The van der Waals surface area contributed by atoms with E-state index in [9.17, 15) is 14.0 Å². The second-order valence-corrected chi connectivity index (χ2v) is 6.72. The zero-order valence-electron chi connectivity index (χ0n) is 15.2. The fraction of sp³-hybridized carbons (Fsp3) is 0.136. The topological polar surface area (TPSA) is 62.3 Å². The number of fused-ring (bicyclic) bond motifs is 1. The molecule has 1 atom stereocenters. The number of nitrogens with one attached hydrogen (secondary N) is 1. The van der Waals surface area contributed by atoms with Crippen LogP contribution < -0.4 is 10.2 Å². The number of hydrogen-bond donors (Lipinski definition) is 1. The predicted molar refractivity (Wildman–Crippen MR) is 105 cm³/mol. The Labute approximate surface area is 161 Å². The van der Waals surface area contributed by atoms with E-state index in [4.69, 9.17) is 0 Å². The van der Waals surface area contributed by atoms with Crippen LogP contribution >= 0.6 is 0 Å². The Morgan fingerprint density at radius 2 is 1.86 bits per heavy atom. The largest absolute Gasteiger partial charge is 0.319 e. The summed E-state index contributed by atoms with van der Waals surface area (Å²) >= 11 is 0. The third kappa shape index (κ3) is 3.24. The van der Waals surface area contributed by atoms with Gasteiger partial charge in [0.1, 0.15) is 11.5 Å². The lowest BCUT2D eigenvalue weighted by atomic mass is 10.1. The molecule has 0 saturated heterocycles. The smallest absolute Gasteiger partial charge is 0.277 e. The lowest BCUT2D eigenvalue weighted by Gasteiger charge is -2.22. The molecule has 140 valence electrons. The van der Waals surface area contributed by atoms with Gasteiger partial charge in [-0.3, -0.25) is 14.6 Å². The Bertz CT molecular complexity index is 1070. The molecule has 1 N–H and O–H groups in total. The first kappa shape index (κ1) is 17.9. The van der Waals surface area contributed by atoms with Gasteiger partial charge < -0.3 is 10.2 Å². The van der Waals surface area contributed by atoms with Crippen molar-refractivity contribution in [3.8, 4) is 0 Å². The van der Waals surface area contributed by atoms with E-state index in [0.29, 0.717) is 0 Å². The van der Waals surface area contributed by atoms with Crippen LogP contribution in [0, 0.1) is 5.82 Å². The highest BCUT2D eigenvalue weighted by Gasteiger charge is 2.32. The predicted octanol–water partition coefficient (Wildman–Crippen LogP) is 4.06. The van der Waals surface area contributed by atoms with E-state index in [1.165, 1.54) is 30.5 Å². The molecule has 0 radical (unpaired) electrons. The number of halogens is 1. The fourth-order valence-electron chi connectivity index (χ4n) is 3.44. The number of anilines is 2. The second-order valence-electron chi connectivity index (χ2n) is 6.72. The number of aromatic nitrogens is 1. The molecule has 1 aliphatic rings. The van der Waals surface area contributed by atoms with E-state index in [2.05, 4.69) is 10.3 Å². The molecular weight excluding hydrogens is 357 g/mol. The number of nitrogens with zero attached hydrogens (tertiary/aromatic N) is 2. The van der Waals surface area contributed by atoms with Crippen molar-refractivity contribution in [3.05, 3.63) is 89.5 Å². The first-order valence-electron chi connectivity index (χ1n) is 8.98. The first-order chi connectivity index (χ1) is 13.5. The highest BCUT2D eigenvalue weighted by molar-refractivity contribution is 6.09. The average molecular weight is 375 g/mol. The molecule has 0 fully saturated rings. The van der Waals surface area contributed by atoms with Gasteiger partial charge in [-0.15, -0.1) is 0 Å². The second kappa shape index (κ2) is 7.23. The number of carbonyl (C=O) groups is 2. The van der Waals surface area contributed by atoms with Crippen molar-refractivity contribution in [1.82, 2.24) is 4.98 Å². The molecule has 3 aromatic rings. The number of pyridine rings is 1. The molecule has 1 aliphatic heterocycles. The molecule has 6 heteroatoms. The molecule has 0 spiro atoms. The molecule has 1 aromatic heterocycles. The Morgan fingerprint density at radius 1 is 1.11 bits per heavy atom.